The molecule has 1 saturated carbocycles. The van der Waals surface area contributed by atoms with Crippen LogP contribution in [-0.2, 0) is 6.54 Å². The Labute approximate surface area is 153 Å². The van der Waals surface area contributed by atoms with Crippen LogP contribution >= 0.6 is 0 Å². The molecule has 132 valence electrons. The SMILES string of the molecule is CCN(Cc1ccccc1)C(=O)c1nc(-c2ccccc2)oc1C1CC1. The first-order chi connectivity index (χ1) is 12.8. The molecule has 1 heterocycles. The highest BCUT2D eigenvalue weighted by atomic mass is 16.4. The van der Waals surface area contributed by atoms with Crippen LogP contribution in [0.1, 0.15) is 47.5 Å². The summed E-state index contributed by atoms with van der Waals surface area (Å²) < 4.78 is 6.03. The van der Waals surface area contributed by atoms with Crippen molar-refractivity contribution in [2.45, 2.75) is 32.2 Å². The van der Waals surface area contributed by atoms with E-state index in [0.717, 1.165) is 29.7 Å². The number of rotatable bonds is 6. The fourth-order valence-corrected chi connectivity index (χ4v) is 3.09. The van der Waals surface area contributed by atoms with Crippen LogP contribution in [0.4, 0.5) is 0 Å². The number of hydrogen-bond acceptors (Lipinski definition) is 3. The van der Waals surface area contributed by atoms with Gasteiger partial charge in [0.25, 0.3) is 5.91 Å². The molecule has 0 bridgehead atoms. The van der Waals surface area contributed by atoms with Crippen molar-refractivity contribution < 1.29 is 9.21 Å². The van der Waals surface area contributed by atoms with E-state index in [-0.39, 0.29) is 5.91 Å². The monoisotopic (exact) mass is 346 g/mol. The fraction of sp³-hybridized carbons (Fsp3) is 0.273. The van der Waals surface area contributed by atoms with Gasteiger partial charge in [0.15, 0.2) is 5.69 Å². The summed E-state index contributed by atoms with van der Waals surface area (Å²) in [5.41, 5.74) is 2.49. The molecule has 4 heteroatoms. The van der Waals surface area contributed by atoms with E-state index in [1.807, 2.05) is 72.5 Å². The van der Waals surface area contributed by atoms with E-state index in [0.29, 0.717) is 30.6 Å². The Balaban J connectivity index is 1.65. The molecule has 0 spiro atoms. The zero-order valence-corrected chi connectivity index (χ0v) is 14.9. The van der Waals surface area contributed by atoms with Crippen LogP contribution in [0.15, 0.2) is 65.1 Å². The number of oxazole rings is 1. The number of amides is 1. The molecule has 1 aliphatic rings. The second-order valence-electron chi connectivity index (χ2n) is 6.68. The lowest BCUT2D eigenvalue weighted by Gasteiger charge is -2.20. The molecule has 4 nitrogen and oxygen atoms in total. The second-order valence-corrected chi connectivity index (χ2v) is 6.68. The highest BCUT2D eigenvalue weighted by Crippen LogP contribution is 2.43. The number of carbonyl (C=O) groups is 1. The number of benzene rings is 2. The van der Waals surface area contributed by atoms with Crippen LogP contribution in [0.25, 0.3) is 11.5 Å². The normalized spacial score (nSPS) is 13.6. The lowest BCUT2D eigenvalue weighted by molar-refractivity contribution is 0.0745. The summed E-state index contributed by atoms with van der Waals surface area (Å²) in [7, 11) is 0. The predicted octanol–water partition coefficient (Wildman–Crippen LogP) is 4.88. The van der Waals surface area contributed by atoms with Gasteiger partial charge in [-0.1, -0.05) is 48.5 Å². The molecule has 0 N–H and O–H groups in total. The zero-order chi connectivity index (χ0) is 17.9. The number of carbonyl (C=O) groups excluding carboxylic acids is 1. The van der Waals surface area contributed by atoms with E-state index in [2.05, 4.69) is 4.98 Å². The van der Waals surface area contributed by atoms with Crippen LogP contribution in [0.2, 0.25) is 0 Å². The topological polar surface area (TPSA) is 46.3 Å². The molecule has 0 unspecified atom stereocenters. The van der Waals surface area contributed by atoms with Gasteiger partial charge in [0, 0.05) is 24.6 Å². The third-order valence-corrected chi connectivity index (χ3v) is 4.71. The minimum atomic E-state index is -0.0517. The Hall–Kier alpha value is -2.88. The fourth-order valence-electron chi connectivity index (χ4n) is 3.09. The zero-order valence-electron chi connectivity index (χ0n) is 14.9. The van der Waals surface area contributed by atoms with Gasteiger partial charge < -0.3 is 9.32 Å². The van der Waals surface area contributed by atoms with Crippen LogP contribution < -0.4 is 0 Å². The summed E-state index contributed by atoms with van der Waals surface area (Å²) in [6.07, 6.45) is 2.13. The van der Waals surface area contributed by atoms with Gasteiger partial charge in [0.1, 0.15) is 5.76 Å². The van der Waals surface area contributed by atoms with Gasteiger partial charge in [-0.3, -0.25) is 4.79 Å². The van der Waals surface area contributed by atoms with E-state index in [1.165, 1.54) is 0 Å². The molecule has 26 heavy (non-hydrogen) atoms. The standard InChI is InChI=1S/C22H22N2O2/c1-2-24(15-16-9-5-3-6-10-16)22(25)19-20(17-13-14-17)26-21(23-19)18-11-7-4-8-12-18/h3-12,17H,2,13-15H2,1H3. The van der Waals surface area contributed by atoms with Gasteiger partial charge in [0.05, 0.1) is 0 Å². The van der Waals surface area contributed by atoms with Crippen molar-refractivity contribution in [3.63, 3.8) is 0 Å². The number of aromatic nitrogens is 1. The summed E-state index contributed by atoms with van der Waals surface area (Å²) in [6.45, 7) is 3.20. The minimum Gasteiger partial charge on any atom is -0.440 e. The summed E-state index contributed by atoms with van der Waals surface area (Å²) >= 11 is 0. The van der Waals surface area contributed by atoms with Gasteiger partial charge in [-0.25, -0.2) is 4.98 Å². The van der Waals surface area contributed by atoms with Crippen molar-refractivity contribution >= 4 is 5.91 Å². The third-order valence-electron chi connectivity index (χ3n) is 4.71. The molecule has 0 aliphatic heterocycles. The second kappa shape index (κ2) is 7.16. The third kappa shape index (κ3) is 3.40. The molecule has 3 aromatic rings. The Morgan fingerprint density at radius 1 is 1.08 bits per heavy atom. The Morgan fingerprint density at radius 3 is 2.35 bits per heavy atom. The van der Waals surface area contributed by atoms with Crippen molar-refractivity contribution in [2.24, 2.45) is 0 Å². The molecule has 1 aromatic heterocycles. The average Bonchev–Trinajstić information content (AvgIpc) is 3.45. The first-order valence-corrected chi connectivity index (χ1v) is 9.15. The largest absolute Gasteiger partial charge is 0.440 e. The molecule has 0 radical (unpaired) electrons. The van der Waals surface area contributed by atoms with E-state index in [1.54, 1.807) is 0 Å². The van der Waals surface area contributed by atoms with Gasteiger partial charge in [-0.15, -0.1) is 0 Å². The van der Waals surface area contributed by atoms with E-state index in [4.69, 9.17) is 4.42 Å². The van der Waals surface area contributed by atoms with Crippen molar-refractivity contribution in [1.29, 1.82) is 0 Å². The quantitative estimate of drug-likeness (QED) is 0.639. The van der Waals surface area contributed by atoms with Crippen LogP contribution in [0, 0.1) is 0 Å². The Morgan fingerprint density at radius 2 is 1.73 bits per heavy atom. The minimum absolute atomic E-state index is 0.0517. The molecular weight excluding hydrogens is 324 g/mol. The molecule has 1 aliphatic carbocycles. The number of nitrogens with zero attached hydrogens (tertiary/aromatic N) is 2. The highest BCUT2D eigenvalue weighted by Gasteiger charge is 2.35. The molecule has 4 rings (SSSR count). The van der Waals surface area contributed by atoms with Crippen LogP contribution in [0.5, 0.6) is 0 Å². The molecule has 0 saturated heterocycles. The lowest BCUT2D eigenvalue weighted by atomic mass is 10.2. The van der Waals surface area contributed by atoms with E-state index >= 15 is 0 Å². The lowest BCUT2D eigenvalue weighted by Crippen LogP contribution is -2.31. The maximum absolute atomic E-state index is 13.2. The Kier molecular flexibility index (Phi) is 4.57. The van der Waals surface area contributed by atoms with Crippen molar-refractivity contribution in [3.05, 3.63) is 77.7 Å². The van der Waals surface area contributed by atoms with Crippen molar-refractivity contribution in [3.8, 4) is 11.5 Å². The smallest absolute Gasteiger partial charge is 0.276 e. The van der Waals surface area contributed by atoms with Gasteiger partial charge in [-0.05, 0) is 37.5 Å². The molecular formula is C22H22N2O2. The summed E-state index contributed by atoms with van der Waals surface area (Å²) in [6, 6.07) is 19.8. The van der Waals surface area contributed by atoms with Gasteiger partial charge >= 0.3 is 0 Å². The molecule has 1 amide bonds. The first kappa shape index (κ1) is 16.6. The van der Waals surface area contributed by atoms with Crippen molar-refractivity contribution in [1.82, 2.24) is 9.88 Å². The summed E-state index contributed by atoms with van der Waals surface area (Å²) in [4.78, 5) is 19.6. The highest BCUT2D eigenvalue weighted by molar-refractivity contribution is 5.94. The van der Waals surface area contributed by atoms with Gasteiger partial charge in [0.2, 0.25) is 5.89 Å². The summed E-state index contributed by atoms with van der Waals surface area (Å²) in [5.74, 6) is 1.56. The van der Waals surface area contributed by atoms with Crippen molar-refractivity contribution in [2.75, 3.05) is 6.54 Å². The summed E-state index contributed by atoms with van der Waals surface area (Å²) in [5, 5.41) is 0. The predicted molar refractivity (Wildman–Crippen MR) is 101 cm³/mol. The number of hydrogen-bond donors (Lipinski definition) is 0. The van der Waals surface area contributed by atoms with Gasteiger partial charge in [-0.2, -0.15) is 0 Å². The molecule has 1 fully saturated rings. The van der Waals surface area contributed by atoms with Crippen LogP contribution in [0.3, 0.4) is 0 Å². The van der Waals surface area contributed by atoms with E-state index in [9.17, 15) is 4.79 Å². The average molecular weight is 346 g/mol. The van der Waals surface area contributed by atoms with E-state index < -0.39 is 0 Å². The molecule has 2 aromatic carbocycles. The maximum Gasteiger partial charge on any atom is 0.276 e. The maximum atomic E-state index is 13.2. The van der Waals surface area contributed by atoms with Crippen LogP contribution in [-0.4, -0.2) is 22.3 Å². The Bertz CT molecular complexity index is 883. The first-order valence-electron chi connectivity index (χ1n) is 9.15. The molecule has 0 atom stereocenters.